The van der Waals surface area contributed by atoms with Gasteiger partial charge in [-0.25, -0.2) is 9.37 Å². The third kappa shape index (κ3) is 5.08. The van der Waals surface area contributed by atoms with E-state index in [9.17, 15) is 14.7 Å². The summed E-state index contributed by atoms with van der Waals surface area (Å²) in [7, 11) is -2.21. The predicted molar refractivity (Wildman–Crippen MR) is 168 cm³/mol. The highest BCUT2D eigenvalue weighted by Gasteiger charge is 2.41. The van der Waals surface area contributed by atoms with Crippen molar-refractivity contribution in [3.63, 3.8) is 0 Å². The summed E-state index contributed by atoms with van der Waals surface area (Å²) < 4.78 is 8.12. The van der Waals surface area contributed by atoms with Crippen molar-refractivity contribution in [1.82, 2.24) is 0 Å². The number of anilines is 1. The molecule has 0 radical (unpaired) electrons. The molecule has 2 saturated heterocycles. The summed E-state index contributed by atoms with van der Waals surface area (Å²) >= 11 is 0. The fourth-order valence-electron chi connectivity index (χ4n) is 6.85. The summed E-state index contributed by atoms with van der Waals surface area (Å²) in [5.41, 5.74) is 5.61. The molecule has 4 aliphatic rings. The second-order valence-corrected chi connectivity index (χ2v) is 17.7. The van der Waals surface area contributed by atoms with Crippen molar-refractivity contribution in [2.45, 2.75) is 65.1 Å². The molecule has 218 valence electrons. The summed E-state index contributed by atoms with van der Waals surface area (Å²) in [5, 5.41) is 15.1. The van der Waals surface area contributed by atoms with Crippen LogP contribution in [-0.4, -0.2) is 62.1 Å². The Balaban J connectivity index is 1.61. The standard InChI is InChI=1S/C35H40N2O4Si/c1-35(2,3)41-34(40)23-10-13-26(33(38)39)29(20-23)32-27-14-11-24(36-16-6-7-17-36)21-30(27)42(4,5)31-22-25(12-15-28(31)32)37-18-8-9-19-37/h10-15,20-22H,6-9,16-19H2,1-5H3. The number of allylic oxidation sites excluding steroid dienone is 5. The molecule has 0 spiro atoms. The van der Waals surface area contributed by atoms with E-state index in [1.54, 1.807) is 6.07 Å². The van der Waals surface area contributed by atoms with Gasteiger partial charge in [0.25, 0.3) is 0 Å². The van der Waals surface area contributed by atoms with Gasteiger partial charge in [-0.1, -0.05) is 25.2 Å². The highest BCUT2D eigenvalue weighted by atomic mass is 28.3. The maximum atomic E-state index is 13.2. The molecule has 0 aromatic heterocycles. The maximum Gasteiger partial charge on any atom is 0.338 e. The number of carboxylic acid groups (broad SMARTS) is 1. The van der Waals surface area contributed by atoms with Crippen molar-refractivity contribution < 1.29 is 24.0 Å². The number of hydrogen-bond donors (Lipinski definition) is 0. The lowest BCUT2D eigenvalue weighted by molar-refractivity contribution is -0.504. The van der Waals surface area contributed by atoms with E-state index in [0.717, 1.165) is 42.9 Å². The summed E-state index contributed by atoms with van der Waals surface area (Å²) in [4.78, 5) is 28.1. The number of fused-ring (bicyclic) bond motifs is 2. The van der Waals surface area contributed by atoms with E-state index < -0.39 is 25.6 Å². The number of ether oxygens (including phenoxy) is 1. The molecule has 2 aromatic carbocycles. The molecule has 6 rings (SSSR count). The molecule has 42 heavy (non-hydrogen) atoms. The average Bonchev–Trinajstić information content (AvgIpc) is 3.67. The summed E-state index contributed by atoms with van der Waals surface area (Å²) in [6, 6.07) is 11.4. The topological polar surface area (TPSA) is 72.7 Å². The summed E-state index contributed by atoms with van der Waals surface area (Å²) in [6.07, 6.45) is 11.5. The van der Waals surface area contributed by atoms with Crippen molar-refractivity contribution in [3.05, 3.63) is 87.6 Å². The molecular weight excluding hydrogens is 540 g/mol. The minimum Gasteiger partial charge on any atom is -0.545 e. The number of benzene rings is 2. The second kappa shape index (κ2) is 10.5. The SMILES string of the molecule is CC(C)(C)OC(=O)c1ccc(C(=O)[O-])c(C2=C3C=CC(=[N+]4CCCC4)C=C3[Si](C)(C)c3cc(N4CCCC4)ccc32)c1. The third-order valence-electron chi connectivity index (χ3n) is 8.98. The predicted octanol–water partition coefficient (Wildman–Crippen LogP) is 4.62. The van der Waals surface area contributed by atoms with Gasteiger partial charge in [-0.3, -0.25) is 0 Å². The largest absolute Gasteiger partial charge is 0.545 e. The van der Waals surface area contributed by atoms with Gasteiger partial charge in [0.05, 0.1) is 11.5 Å². The Kier molecular flexibility index (Phi) is 7.12. The third-order valence-corrected chi connectivity index (χ3v) is 12.5. The average molecular weight is 581 g/mol. The number of hydrogen-bond acceptors (Lipinski definition) is 5. The van der Waals surface area contributed by atoms with Crippen LogP contribution in [0.25, 0.3) is 5.57 Å². The van der Waals surface area contributed by atoms with Crippen LogP contribution in [0.2, 0.25) is 13.1 Å². The van der Waals surface area contributed by atoms with Crippen LogP contribution in [0.4, 0.5) is 5.69 Å². The fourth-order valence-corrected chi connectivity index (χ4v) is 9.92. The smallest absolute Gasteiger partial charge is 0.338 e. The first-order valence-electron chi connectivity index (χ1n) is 15.2. The van der Waals surface area contributed by atoms with Crippen molar-refractivity contribution in [2.24, 2.45) is 0 Å². The maximum absolute atomic E-state index is 13.2. The molecule has 0 bridgehead atoms. The molecule has 2 aromatic rings. The number of carboxylic acids is 1. The van der Waals surface area contributed by atoms with E-state index in [0.29, 0.717) is 11.1 Å². The molecular formula is C35H40N2O4Si. The molecule has 0 saturated carbocycles. The Labute approximate surface area is 249 Å². The number of esters is 1. The van der Waals surface area contributed by atoms with Crippen molar-refractivity contribution >= 4 is 42.2 Å². The van der Waals surface area contributed by atoms with Crippen LogP contribution in [0, 0.1) is 0 Å². The minimum absolute atomic E-state index is 0.0721. The van der Waals surface area contributed by atoms with E-state index in [2.05, 4.69) is 59.0 Å². The molecule has 3 heterocycles. The zero-order valence-corrected chi connectivity index (χ0v) is 26.4. The highest BCUT2D eigenvalue weighted by Crippen LogP contribution is 2.43. The van der Waals surface area contributed by atoms with E-state index in [-0.39, 0.29) is 5.56 Å². The van der Waals surface area contributed by atoms with E-state index in [1.165, 1.54) is 59.6 Å². The van der Waals surface area contributed by atoms with Crippen LogP contribution in [0.3, 0.4) is 0 Å². The Morgan fingerprint density at radius 1 is 0.929 bits per heavy atom. The fraction of sp³-hybridized carbons (Fsp3) is 0.400. The quantitative estimate of drug-likeness (QED) is 0.300. The molecule has 0 N–H and O–H groups in total. The number of carbonyl (C=O) groups is 2. The van der Waals surface area contributed by atoms with Crippen molar-refractivity contribution in [1.29, 1.82) is 0 Å². The molecule has 7 heteroatoms. The van der Waals surface area contributed by atoms with Crippen LogP contribution in [0.5, 0.6) is 0 Å². The normalized spacial score (nSPS) is 19.5. The van der Waals surface area contributed by atoms with Gasteiger partial charge >= 0.3 is 5.97 Å². The number of nitrogens with zero attached hydrogens (tertiary/aromatic N) is 2. The summed E-state index contributed by atoms with van der Waals surface area (Å²) in [6.45, 7) is 14.5. The Morgan fingerprint density at radius 2 is 1.64 bits per heavy atom. The molecule has 0 unspecified atom stereocenters. The zero-order chi connectivity index (χ0) is 29.8. The Bertz CT molecular complexity index is 1610. The van der Waals surface area contributed by atoms with Gasteiger partial charge in [-0.2, -0.15) is 0 Å². The lowest BCUT2D eigenvalue weighted by Gasteiger charge is -2.38. The first kappa shape index (κ1) is 28.4. The molecule has 0 atom stereocenters. The molecule has 6 nitrogen and oxygen atoms in total. The van der Waals surface area contributed by atoms with Crippen LogP contribution in [0.1, 0.15) is 78.3 Å². The van der Waals surface area contributed by atoms with Crippen molar-refractivity contribution in [2.75, 3.05) is 31.1 Å². The van der Waals surface area contributed by atoms with E-state index >= 15 is 0 Å². The van der Waals surface area contributed by atoms with Gasteiger partial charge in [-0.15, -0.1) is 0 Å². The van der Waals surface area contributed by atoms with E-state index in [4.69, 9.17) is 4.74 Å². The van der Waals surface area contributed by atoms with E-state index in [1.807, 2.05) is 20.8 Å². The molecule has 0 amide bonds. The van der Waals surface area contributed by atoms with Crippen LogP contribution >= 0.6 is 0 Å². The van der Waals surface area contributed by atoms with Crippen LogP contribution in [-0.2, 0) is 4.74 Å². The molecule has 1 aliphatic carbocycles. The van der Waals surface area contributed by atoms with Crippen LogP contribution < -0.4 is 15.2 Å². The lowest BCUT2D eigenvalue weighted by atomic mass is 9.86. The Hall–Kier alpha value is -3.71. The van der Waals surface area contributed by atoms with Gasteiger partial charge in [0.1, 0.15) is 26.8 Å². The molecule has 3 aliphatic heterocycles. The van der Waals surface area contributed by atoms with Gasteiger partial charge in [0, 0.05) is 49.3 Å². The second-order valence-electron chi connectivity index (χ2n) is 13.4. The highest BCUT2D eigenvalue weighted by molar-refractivity contribution is 6.98. The minimum atomic E-state index is -2.21. The monoisotopic (exact) mass is 580 g/mol. The lowest BCUT2D eigenvalue weighted by Crippen LogP contribution is -2.50. The van der Waals surface area contributed by atoms with Gasteiger partial charge in [0.2, 0.25) is 0 Å². The number of rotatable bonds is 4. The molecule has 2 fully saturated rings. The van der Waals surface area contributed by atoms with Gasteiger partial charge in [0.15, 0.2) is 5.71 Å². The van der Waals surface area contributed by atoms with Gasteiger partial charge in [-0.05, 0) is 96.6 Å². The first-order valence-corrected chi connectivity index (χ1v) is 18.2. The number of aromatic carboxylic acids is 1. The Morgan fingerprint density at radius 3 is 2.31 bits per heavy atom. The van der Waals surface area contributed by atoms with Crippen LogP contribution in [0.15, 0.2) is 65.4 Å². The van der Waals surface area contributed by atoms with Gasteiger partial charge < -0.3 is 19.5 Å². The first-order chi connectivity index (χ1) is 19.9. The zero-order valence-electron chi connectivity index (χ0n) is 25.4. The van der Waals surface area contributed by atoms with Crippen molar-refractivity contribution in [3.8, 4) is 0 Å². The number of carbonyl (C=O) groups excluding carboxylic acids is 2. The summed E-state index contributed by atoms with van der Waals surface area (Å²) in [5.74, 6) is -1.74.